The number of amides is 1. The number of carbonyl (C=O) groups is 1. The number of ether oxygens (including phenoxy) is 1. The molecule has 2 rings (SSSR count). The Balaban J connectivity index is 1.99. The highest BCUT2D eigenvalue weighted by Gasteiger charge is 2.15. The zero-order chi connectivity index (χ0) is 15.9. The number of rotatable bonds is 4. The van der Waals surface area contributed by atoms with Gasteiger partial charge in [0.05, 0.1) is 23.3 Å². The highest BCUT2D eigenvalue weighted by Crippen LogP contribution is 2.15. The van der Waals surface area contributed by atoms with Crippen molar-refractivity contribution in [3.63, 3.8) is 0 Å². The Morgan fingerprint density at radius 3 is 2.41 bits per heavy atom. The molecular weight excluding hydrogens is 278 g/mol. The molecule has 0 aliphatic rings. The van der Waals surface area contributed by atoms with Crippen molar-refractivity contribution in [3.8, 4) is 17.9 Å². The first-order valence-corrected chi connectivity index (χ1v) is 6.60. The van der Waals surface area contributed by atoms with Crippen molar-refractivity contribution in [2.75, 3.05) is 5.32 Å². The van der Waals surface area contributed by atoms with Crippen LogP contribution in [0, 0.1) is 22.7 Å². The number of nitrogens with zero attached hydrogens (tertiary/aromatic N) is 2. The third-order valence-electron chi connectivity index (χ3n) is 2.92. The fourth-order valence-electron chi connectivity index (χ4n) is 1.78. The third-order valence-corrected chi connectivity index (χ3v) is 2.92. The van der Waals surface area contributed by atoms with Crippen LogP contribution in [0.4, 0.5) is 5.69 Å². The van der Waals surface area contributed by atoms with E-state index in [4.69, 9.17) is 15.3 Å². The van der Waals surface area contributed by atoms with Crippen molar-refractivity contribution >= 4 is 11.6 Å². The van der Waals surface area contributed by atoms with E-state index in [0.29, 0.717) is 22.6 Å². The molecule has 0 saturated heterocycles. The average molecular weight is 291 g/mol. The number of nitriles is 2. The summed E-state index contributed by atoms with van der Waals surface area (Å²) in [4.78, 5) is 12.1. The van der Waals surface area contributed by atoms with Gasteiger partial charge in [-0.15, -0.1) is 0 Å². The molecule has 0 fully saturated rings. The highest BCUT2D eigenvalue weighted by molar-refractivity contribution is 5.94. The van der Waals surface area contributed by atoms with Crippen LogP contribution >= 0.6 is 0 Å². The lowest BCUT2D eigenvalue weighted by Gasteiger charge is -2.14. The molecule has 2 aromatic rings. The first kappa shape index (κ1) is 15.1. The Bertz CT molecular complexity index is 755. The van der Waals surface area contributed by atoms with Gasteiger partial charge < -0.3 is 10.1 Å². The predicted octanol–water partition coefficient (Wildman–Crippen LogP) is 2.84. The fourth-order valence-corrected chi connectivity index (χ4v) is 1.78. The summed E-state index contributed by atoms with van der Waals surface area (Å²) in [6.45, 7) is 1.63. The molecule has 0 unspecified atom stereocenters. The van der Waals surface area contributed by atoms with Gasteiger partial charge in [0.25, 0.3) is 5.91 Å². The first-order valence-electron chi connectivity index (χ1n) is 6.60. The maximum atomic E-state index is 12.1. The van der Waals surface area contributed by atoms with Gasteiger partial charge in [0.15, 0.2) is 6.10 Å². The lowest BCUT2D eigenvalue weighted by molar-refractivity contribution is -0.122. The summed E-state index contributed by atoms with van der Waals surface area (Å²) in [5.74, 6) is 0.187. The van der Waals surface area contributed by atoms with Crippen molar-refractivity contribution in [3.05, 3.63) is 59.7 Å². The Hall–Kier alpha value is -3.31. The summed E-state index contributed by atoms with van der Waals surface area (Å²) in [7, 11) is 0. The molecule has 0 heterocycles. The molecule has 0 spiro atoms. The topological polar surface area (TPSA) is 85.9 Å². The minimum Gasteiger partial charge on any atom is -0.481 e. The number of anilines is 1. The smallest absolute Gasteiger partial charge is 0.265 e. The van der Waals surface area contributed by atoms with Gasteiger partial charge in [-0.25, -0.2) is 0 Å². The van der Waals surface area contributed by atoms with Gasteiger partial charge in [-0.05, 0) is 49.4 Å². The van der Waals surface area contributed by atoms with Crippen molar-refractivity contribution < 1.29 is 9.53 Å². The van der Waals surface area contributed by atoms with Crippen LogP contribution in [0.2, 0.25) is 0 Å². The van der Waals surface area contributed by atoms with Crippen LogP contribution in [0.5, 0.6) is 5.75 Å². The Kier molecular flexibility index (Phi) is 4.74. The van der Waals surface area contributed by atoms with Crippen LogP contribution in [-0.2, 0) is 4.79 Å². The molecule has 108 valence electrons. The zero-order valence-corrected chi connectivity index (χ0v) is 11.9. The second kappa shape index (κ2) is 6.92. The van der Waals surface area contributed by atoms with Gasteiger partial charge in [0.2, 0.25) is 0 Å². The van der Waals surface area contributed by atoms with Crippen molar-refractivity contribution in [1.82, 2.24) is 0 Å². The molecule has 0 radical (unpaired) electrons. The van der Waals surface area contributed by atoms with Crippen molar-refractivity contribution in [2.45, 2.75) is 13.0 Å². The summed E-state index contributed by atoms with van der Waals surface area (Å²) < 4.78 is 5.52. The van der Waals surface area contributed by atoms with Crippen LogP contribution in [0.25, 0.3) is 0 Å². The Morgan fingerprint density at radius 1 is 1.09 bits per heavy atom. The summed E-state index contributed by atoms with van der Waals surface area (Å²) in [5, 5.41) is 20.3. The molecule has 1 amide bonds. The van der Waals surface area contributed by atoms with Crippen molar-refractivity contribution in [1.29, 1.82) is 10.5 Å². The van der Waals surface area contributed by atoms with E-state index in [0.717, 1.165) is 0 Å². The summed E-state index contributed by atoms with van der Waals surface area (Å²) in [6.07, 6.45) is -0.710. The number of nitrogens with one attached hydrogen (secondary N) is 1. The molecule has 5 nitrogen and oxygen atoms in total. The van der Waals surface area contributed by atoms with E-state index in [-0.39, 0.29) is 5.91 Å². The molecule has 0 aromatic heterocycles. The van der Waals surface area contributed by atoms with E-state index in [1.165, 1.54) is 0 Å². The first-order chi connectivity index (χ1) is 10.6. The maximum Gasteiger partial charge on any atom is 0.265 e. The van der Waals surface area contributed by atoms with E-state index in [1.807, 2.05) is 12.1 Å². The summed E-state index contributed by atoms with van der Waals surface area (Å²) in [5.41, 5.74) is 1.54. The molecule has 1 atom stereocenters. The summed E-state index contributed by atoms with van der Waals surface area (Å²) >= 11 is 0. The van der Waals surface area contributed by atoms with E-state index in [2.05, 4.69) is 5.32 Å². The molecule has 0 bridgehead atoms. The van der Waals surface area contributed by atoms with Crippen LogP contribution in [0.15, 0.2) is 48.5 Å². The number of benzene rings is 2. The van der Waals surface area contributed by atoms with Crippen LogP contribution in [0.3, 0.4) is 0 Å². The molecule has 5 heteroatoms. The molecule has 0 aliphatic carbocycles. The molecule has 2 aromatic carbocycles. The SMILES string of the molecule is C[C@@H](Oc1ccc(C#N)cc1)C(=O)Nc1cccc(C#N)c1. The Labute approximate surface area is 128 Å². The highest BCUT2D eigenvalue weighted by atomic mass is 16.5. The normalized spacial score (nSPS) is 10.9. The Morgan fingerprint density at radius 2 is 1.77 bits per heavy atom. The number of hydrogen-bond donors (Lipinski definition) is 1. The quantitative estimate of drug-likeness (QED) is 0.938. The molecule has 22 heavy (non-hydrogen) atoms. The maximum absolute atomic E-state index is 12.1. The van der Waals surface area contributed by atoms with Crippen LogP contribution in [0.1, 0.15) is 18.1 Å². The van der Waals surface area contributed by atoms with Gasteiger partial charge in [-0.2, -0.15) is 10.5 Å². The van der Waals surface area contributed by atoms with Crippen LogP contribution in [-0.4, -0.2) is 12.0 Å². The van der Waals surface area contributed by atoms with Gasteiger partial charge in [0.1, 0.15) is 5.75 Å². The lowest BCUT2D eigenvalue weighted by atomic mass is 10.2. The fraction of sp³-hybridized carbons (Fsp3) is 0.118. The number of hydrogen-bond acceptors (Lipinski definition) is 4. The van der Waals surface area contributed by atoms with E-state index in [1.54, 1.807) is 55.5 Å². The van der Waals surface area contributed by atoms with Gasteiger partial charge >= 0.3 is 0 Å². The standard InChI is InChI=1S/C17H13N3O2/c1-12(22-16-7-5-13(10-18)6-8-16)17(21)20-15-4-2-3-14(9-15)11-19/h2-9,12H,1H3,(H,20,21)/t12-/m1/s1. The molecular formula is C17H13N3O2. The second-order valence-corrected chi connectivity index (χ2v) is 4.58. The van der Waals surface area contributed by atoms with E-state index in [9.17, 15) is 4.79 Å². The third kappa shape index (κ3) is 3.84. The minimum absolute atomic E-state index is 0.320. The lowest BCUT2D eigenvalue weighted by Crippen LogP contribution is -2.30. The molecule has 0 aliphatic heterocycles. The van der Waals surface area contributed by atoms with Gasteiger partial charge in [0, 0.05) is 5.69 Å². The van der Waals surface area contributed by atoms with E-state index < -0.39 is 6.10 Å². The van der Waals surface area contributed by atoms with Crippen LogP contribution < -0.4 is 10.1 Å². The monoisotopic (exact) mass is 291 g/mol. The predicted molar refractivity (Wildman–Crippen MR) is 81.0 cm³/mol. The second-order valence-electron chi connectivity index (χ2n) is 4.58. The van der Waals surface area contributed by atoms with E-state index >= 15 is 0 Å². The average Bonchev–Trinajstić information content (AvgIpc) is 2.55. The van der Waals surface area contributed by atoms with Gasteiger partial charge in [-0.1, -0.05) is 6.07 Å². The molecule has 1 N–H and O–H groups in total. The minimum atomic E-state index is -0.710. The van der Waals surface area contributed by atoms with Crippen molar-refractivity contribution in [2.24, 2.45) is 0 Å². The molecule has 0 saturated carbocycles. The largest absolute Gasteiger partial charge is 0.481 e. The van der Waals surface area contributed by atoms with Gasteiger partial charge in [-0.3, -0.25) is 4.79 Å². The number of carbonyl (C=O) groups excluding carboxylic acids is 1. The summed E-state index contributed by atoms with van der Waals surface area (Å²) in [6, 6.07) is 17.2. The zero-order valence-electron chi connectivity index (χ0n) is 11.9.